The van der Waals surface area contributed by atoms with E-state index >= 15 is 0 Å². The molecule has 146 valence electrons. The minimum Gasteiger partial charge on any atom is -0.465 e. The summed E-state index contributed by atoms with van der Waals surface area (Å²) in [5.74, 6) is -0.477. The second-order valence-corrected chi connectivity index (χ2v) is 8.01. The molecule has 3 heterocycles. The summed E-state index contributed by atoms with van der Waals surface area (Å²) in [6, 6.07) is 8.52. The maximum absolute atomic E-state index is 13.4. The molecule has 1 saturated heterocycles. The van der Waals surface area contributed by atoms with Crippen LogP contribution in [0.3, 0.4) is 0 Å². The van der Waals surface area contributed by atoms with Crippen molar-refractivity contribution in [1.29, 1.82) is 0 Å². The smallest absolute Gasteiger partial charge is 0.337 e. The number of amides is 2. The highest BCUT2D eigenvalue weighted by Crippen LogP contribution is 2.32. The lowest BCUT2D eigenvalue weighted by atomic mass is 10.00. The van der Waals surface area contributed by atoms with Crippen LogP contribution in [-0.2, 0) is 16.0 Å². The van der Waals surface area contributed by atoms with Gasteiger partial charge in [0.1, 0.15) is 6.04 Å². The van der Waals surface area contributed by atoms with E-state index in [0.717, 1.165) is 24.1 Å². The third-order valence-corrected chi connectivity index (χ3v) is 6.30. The van der Waals surface area contributed by atoms with Crippen LogP contribution in [0.1, 0.15) is 44.9 Å². The Morgan fingerprint density at radius 3 is 2.75 bits per heavy atom. The molecule has 2 aliphatic heterocycles. The molecule has 1 fully saturated rings. The van der Waals surface area contributed by atoms with Crippen molar-refractivity contribution in [2.45, 2.75) is 31.7 Å². The van der Waals surface area contributed by atoms with E-state index in [1.54, 1.807) is 28.0 Å². The SMILES string of the molecule is COC(=O)c1ccc2c(c1)CCN2C(=O)C1CCCCN1C(=O)c1cccs1. The molecule has 0 spiro atoms. The quantitative estimate of drug-likeness (QED) is 0.745. The van der Waals surface area contributed by atoms with Gasteiger partial charge in [0.25, 0.3) is 5.91 Å². The fraction of sp³-hybridized carbons (Fsp3) is 0.381. The van der Waals surface area contributed by atoms with Gasteiger partial charge in [-0.05, 0) is 60.9 Å². The first kappa shape index (κ1) is 18.7. The summed E-state index contributed by atoms with van der Waals surface area (Å²) in [5, 5.41) is 1.88. The summed E-state index contributed by atoms with van der Waals surface area (Å²) >= 11 is 1.41. The number of benzene rings is 1. The molecular weight excluding hydrogens is 376 g/mol. The molecular formula is C21H22N2O4S. The van der Waals surface area contributed by atoms with Gasteiger partial charge in [-0.1, -0.05) is 6.07 Å². The number of nitrogens with zero attached hydrogens (tertiary/aromatic N) is 2. The molecule has 1 atom stereocenters. The van der Waals surface area contributed by atoms with E-state index in [0.29, 0.717) is 36.4 Å². The average molecular weight is 398 g/mol. The Bertz CT molecular complexity index is 909. The van der Waals surface area contributed by atoms with Crippen molar-refractivity contribution in [3.05, 3.63) is 51.7 Å². The van der Waals surface area contributed by atoms with Crippen molar-refractivity contribution in [1.82, 2.24) is 4.90 Å². The monoisotopic (exact) mass is 398 g/mol. The molecule has 2 amide bonds. The van der Waals surface area contributed by atoms with Crippen LogP contribution in [0.4, 0.5) is 5.69 Å². The molecule has 0 aliphatic carbocycles. The summed E-state index contributed by atoms with van der Waals surface area (Å²) < 4.78 is 4.78. The zero-order valence-corrected chi connectivity index (χ0v) is 16.5. The van der Waals surface area contributed by atoms with Crippen LogP contribution in [0, 0.1) is 0 Å². The van der Waals surface area contributed by atoms with Crippen molar-refractivity contribution in [3.63, 3.8) is 0 Å². The molecule has 2 aromatic rings. The number of carbonyl (C=O) groups is 3. The van der Waals surface area contributed by atoms with E-state index in [1.165, 1.54) is 18.4 Å². The number of anilines is 1. The van der Waals surface area contributed by atoms with Crippen molar-refractivity contribution < 1.29 is 19.1 Å². The van der Waals surface area contributed by atoms with Crippen molar-refractivity contribution in [2.75, 3.05) is 25.1 Å². The summed E-state index contributed by atoms with van der Waals surface area (Å²) in [6.07, 6.45) is 3.23. The Hall–Kier alpha value is -2.67. The molecule has 1 unspecified atom stereocenters. The van der Waals surface area contributed by atoms with Crippen molar-refractivity contribution in [2.24, 2.45) is 0 Å². The minimum absolute atomic E-state index is 0.0332. The highest BCUT2D eigenvalue weighted by Gasteiger charge is 2.37. The normalized spacial score (nSPS) is 18.7. The number of carbonyl (C=O) groups excluding carboxylic acids is 3. The standard InChI is InChI=1S/C21H22N2O4S/c1-27-21(26)15-7-8-16-14(13-15)9-11-23(16)19(24)17-5-2-3-10-22(17)20(25)18-6-4-12-28-18/h4,6-8,12-13,17H,2-3,5,9-11H2,1H3. The molecule has 2 aliphatic rings. The largest absolute Gasteiger partial charge is 0.465 e. The molecule has 1 aromatic carbocycles. The van der Waals surface area contributed by atoms with Crippen LogP contribution in [0.25, 0.3) is 0 Å². The van der Waals surface area contributed by atoms with Gasteiger partial charge in [-0.15, -0.1) is 11.3 Å². The van der Waals surface area contributed by atoms with Crippen molar-refractivity contribution in [3.8, 4) is 0 Å². The molecule has 0 radical (unpaired) electrons. The first-order chi connectivity index (χ1) is 13.6. The molecule has 28 heavy (non-hydrogen) atoms. The highest BCUT2D eigenvalue weighted by atomic mass is 32.1. The molecule has 7 heteroatoms. The maximum Gasteiger partial charge on any atom is 0.337 e. The second kappa shape index (κ2) is 7.75. The van der Waals surface area contributed by atoms with E-state index in [4.69, 9.17) is 4.74 Å². The van der Waals surface area contributed by atoms with Gasteiger partial charge in [0, 0.05) is 18.8 Å². The number of hydrogen-bond acceptors (Lipinski definition) is 5. The number of hydrogen-bond donors (Lipinski definition) is 0. The third-order valence-electron chi connectivity index (χ3n) is 5.44. The Labute approximate surface area is 167 Å². The molecule has 1 aromatic heterocycles. The Morgan fingerprint density at radius 1 is 1.14 bits per heavy atom. The van der Waals surface area contributed by atoms with Crippen molar-refractivity contribution >= 4 is 34.8 Å². The van der Waals surface area contributed by atoms with Crippen LogP contribution in [0.15, 0.2) is 35.7 Å². The van der Waals surface area contributed by atoms with E-state index in [2.05, 4.69) is 0 Å². The lowest BCUT2D eigenvalue weighted by Crippen LogP contribution is -2.52. The van der Waals surface area contributed by atoms with Gasteiger partial charge < -0.3 is 14.5 Å². The summed E-state index contributed by atoms with van der Waals surface area (Å²) in [5.41, 5.74) is 2.28. The number of esters is 1. The minimum atomic E-state index is -0.436. The van der Waals surface area contributed by atoms with Gasteiger partial charge in [0.05, 0.1) is 17.6 Å². The number of fused-ring (bicyclic) bond motifs is 1. The first-order valence-electron chi connectivity index (χ1n) is 9.47. The Morgan fingerprint density at radius 2 is 2.00 bits per heavy atom. The number of methoxy groups -OCH3 is 1. The van der Waals surface area contributed by atoms with Crippen LogP contribution in [0.5, 0.6) is 0 Å². The predicted molar refractivity (Wildman–Crippen MR) is 107 cm³/mol. The number of likely N-dealkylation sites (tertiary alicyclic amines) is 1. The number of rotatable bonds is 3. The Kier molecular flexibility index (Phi) is 5.17. The van der Waals surface area contributed by atoms with E-state index in [9.17, 15) is 14.4 Å². The zero-order valence-electron chi connectivity index (χ0n) is 15.7. The van der Waals surface area contributed by atoms with E-state index < -0.39 is 6.04 Å². The summed E-state index contributed by atoms with van der Waals surface area (Å²) in [6.45, 7) is 1.17. The lowest BCUT2D eigenvalue weighted by Gasteiger charge is -2.36. The van der Waals surface area contributed by atoms with Crippen LogP contribution < -0.4 is 4.90 Å². The number of piperidine rings is 1. The van der Waals surface area contributed by atoms with E-state index in [1.807, 2.05) is 17.5 Å². The van der Waals surface area contributed by atoms with Gasteiger partial charge in [-0.2, -0.15) is 0 Å². The Balaban J connectivity index is 1.57. The first-order valence-corrected chi connectivity index (χ1v) is 10.3. The van der Waals surface area contributed by atoms with Gasteiger partial charge >= 0.3 is 5.97 Å². The second-order valence-electron chi connectivity index (χ2n) is 7.06. The predicted octanol–water partition coefficient (Wildman–Crippen LogP) is 3.12. The average Bonchev–Trinajstić information content (AvgIpc) is 3.41. The van der Waals surface area contributed by atoms with Crippen LogP contribution in [0.2, 0.25) is 0 Å². The van der Waals surface area contributed by atoms with Crippen LogP contribution in [-0.4, -0.2) is 48.9 Å². The van der Waals surface area contributed by atoms with Crippen LogP contribution >= 0.6 is 11.3 Å². The summed E-state index contributed by atoms with van der Waals surface area (Å²) in [4.78, 5) is 42.2. The number of thiophene rings is 1. The lowest BCUT2D eigenvalue weighted by molar-refractivity contribution is -0.123. The van der Waals surface area contributed by atoms with Gasteiger partial charge in [0.15, 0.2) is 0 Å². The number of ether oxygens (including phenoxy) is 1. The molecule has 4 rings (SSSR count). The topological polar surface area (TPSA) is 66.9 Å². The molecule has 0 saturated carbocycles. The van der Waals surface area contributed by atoms with E-state index in [-0.39, 0.29) is 17.8 Å². The summed E-state index contributed by atoms with van der Waals surface area (Å²) in [7, 11) is 1.35. The maximum atomic E-state index is 13.4. The zero-order chi connectivity index (χ0) is 19.7. The fourth-order valence-electron chi connectivity index (χ4n) is 4.03. The third kappa shape index (κ3) is 3.30. The van der Waals surface area contributed by atoms with Gasteiger partial charge in [-0.25, -0.2) is 4.79 Å². The fourth-order valence-corrected chi connectivity index (χ4v) is 4.71. The molecule has 0 N–H and O–H groups in total. The molecule has 0 bridgehead atoms. The highest BCUT2D eigenvalue weighted by molar-refractivity contribution is 7.12. The van der Waals surface area contributed by atoms with Gasteiger partial charge in [0.2, 0.25) is 5.91 Å². The molecule has 6 nitrogen and oxygen atoms in total. The van der Waals surface area contributed by atoms with Gasteiger partial charge in [-0.3, -0.25) is 9.59 Å².